The van der Waals surface area contributed by atoms with Gasteiger partial charge in [0.05, 0.1) is 18.8 Å². The lowest BCUT2D eigenvalue weighted by molar-refractivity contribution is -0.131. The van der Waals surface area contributed by atoms with Crippen molar-refractivity contribution in [1.82, 2.24) is 9.55 Å². The summed E-state index contributed by atoms with van der Waals surface area (Å²) in [6, 6.07) is 0.394. The lowest BCUT2D eigenvalue weighted by atomic mass is 9.97. The summed E-state index contributed by atoms with van der Waals surface area (Å²) < 4.78 is 28.7. The monoisotopic (exact) mass is 372 g/mol. The molecule has 2 heterocycles. The standard InChI is InChI=1S/C17H29FN2O4Si/c1-7-12-15(24-25(5,6)17(2,3)4)14(18)11(10-23-12)20-9-8-13(21)19-16(20)22/h8-9,11-12,14-15H,7,10H2,1-6H3,(H,19,21,22). The van der Waals surface area contributed by atoms with Crippen LogP contribution in [-0.4, -0.2) is 42.9 Å². The van der Waals surface area contributed by atoms with E-state index < -0.39 is 37.9 Å². The van der Waals surface area contributed by atoms with Gasteiger partial charge >= 0.3 is 5.69 Å². The summed E-state index contributed by atoms with van der Waals surface area (Å²) in [6.45, 7) is 12.4. The summed E-state index contributed by atoms with van der Waals surface area (Å²) in [5, 5.41) is -0.0627. The summed E-state index contributed by atoms with van der Waals surface area (Å²) in [5.74, 6) is 0. The molecule has 0 aromatic carbocycles. The van der Waals surface area contributed by atoms with E-state index in [1.807, 2.05) is 6.92 Å². The van der Waals surface area contributed by atoms with Crippen molar-refractivity contribution >= 4 is 8.32 Å². The molecule has 0 radical (unpaired) electrons. The molecule has 1 saturated heterocycles. The molecule has 1 aromatic heterocycles. The number of aromatic nitrogens is 2. The molecule has 8 heteroatoms. The predicted octanol–water partition coefficient (Wildman–Crippen LogP) is 2.62. The minimum atomic E-state index is -2.21. The molecular weight excluding hydrogens is 343 g/mol. The highest BCUT2D eigenvalue weighted by Gasteiger charge is 2.47. The van der Waals surface area contributed by atoms with Gasteiger partial charge in [-0.25, -0.2) is 9.18 Å². The molecule has 4 atom stereocenters. The molecule has 1 fully saturated rings. The number of hydrogen-bond acceptors (Lipinski definition) is 4. The van der Waals surface area contributed by atoms with E-state index in [0.717, 1.165) is 0 Å². The van der Waals surface area contributed by atoms with Crippen molar-refractivity contribution < 1.29 is 13.6 Å². The molecule has 1 aliphatic heterocycles. The molecule has 0 saturated carbocycles. The van der Waals surface area contributed by atoms with Crippen LogP contribution in [0.1, 0.15) is 40.2 Å². The number of halogens is 1. The number of nitrogens with one attached hydrogen (secondary N) is 1. The van der Waals surface area contributed by atoms with E-state index in [2.05, 4.69) is 38.8 Å². The van der Waals surface area contributed by atoms with Crippen molar-refractivity contribution in [3.63, 3.8) is 0 Å². The minimum absolute atomic E-state index is 0.0627. The first-order valence-electron chi connectivity index (χ1n) is 8.73. The van der Waals surface area contributed by atoms with Crippen molar-refractivity contribution in [2.24, 2.45) is 0 Å². The second kappa shape index (κ2) is 7.17. The lowest BCUT2D eigenvalue weighted by Crippen LogP contribution is -2.56. The molecular formula is C17H29FN2O4Si. The third kappa shape index (κ3) is 4.12. The van der Waals surface area contributed by atoms with Crippen LogP contribution < -0.4 is 11.2 Å². The molecule has 4 unspecified atom stereocenters. The van der Waals surface area contributed by atoms with Crippen molar-refractivity contribution in [1.29, 1.82) is 0 Å². The largest absolute Gasteiger partial charge is 0.408 e. The number of rotatable bonds is 4. The normalized spacial score (nSPS) is 28.1. The molecule has 1 aliphatic rings. The molecule has 0 aliphatic carbocycles. The second-order valence-corrected chi connectivity index (χ2v) is 12.9. The Kier molecular flexibility index (Phi) is 5.75. The van der Waals surface area contributed by atoms with Crippen LogP contribution in [0.2, 0.25) is 18.1 Å². The summed E-state index contributed by atoms with van der Waals surface area (Å²) in [7, 11) is -2.21. The van der Waals surface area contributed by atoms with E-state index in [9.17, 15) is 9.59 Å². The van der Waals surface area contributed by atoms with Gasteiger partial charge in [0.1, 0.15) is 6.10 Å². The Morgan fingerprint density at radius 3 is 2.56 bits per heavy atom. The number of H-pyrrole nitrogens is 1. The van der Waals surface area contributed by atoms with Crippen LogP contribution in [0.5, 0.6) is 0 Å². The van der Waals surface area contributed by atoms with Gasteiger partial charge in [-0.05, 0) is 24.6 Å². The quantitative estimate of drug-likeness (QED) is 0.825. The number of ether oxygens (including phenoxy) is 1. The molecule has 1 aromatic rings. The molecule has 25 heavy (non-hydrogen) atoms. The molecule has 0 spiro atoms. The van der Waals surface area contributed by atoms with E-state index >= 15 is 4.39 Å². The summed E-state index contributed by atoms with van der Waals surface area (Å²) in [5.41, 5.74) is -1.14. The lowest BCUT2D eigenvalue weighted by Gasteiger charge is -2.45. The SMILES string of the molecule is CCC1OCC(n2ccc(=O)[nH]c2=O)C(F)C1O[Si](C)(C)C(C)(C)C. The van der Waals surface area contributed by atoms with Crippen molar-refractivity contribution in [3.8, 4) is 0 Å². The summed E-state index contributed by atoms with van der Waals surface area (Å²) in [6.07, 6.45) is -0.525. The molecule has 0 bridgehead atoms. The van der Waals surface area contributed by atoms with Crippen molar-refractivity contribution in [2.45, 2.75) is 76.7 Å². The zero-order chi connectivity index (χ0) is 19.0. The highest BCUT2D eigenvalue weighted by molar-refractivity contribution is 6.74. The van der Waals surface area contributed by atoms with Crippen LogP contribution in [0.3, 0.4) is 0 Å². The molecule has 6 nitrogen and oxygen atoms in total. The van der Waals surface area contributed by atoms with Gasteiger partial charge in [0.2, 0.25) is 0 Å². The van der Waals surface area contributed by atoms with Crippen LogP contribution >= 0.6 is 0 Å². The van der Waals surface area contributed by atoms with Gasteiger partial charge in [0, 0.05) is 12.3 Å². The Labute approximate surface area is 148 Å². The van der Waals surface area contributed by atoms with E-state index in [-0.39, 0.29) is 17.7 Å². The van der Waals surface area contributed by atoms with Crippen LogP contribution in [0.15, 0.2) is 21.9 Å². The van der Waals surface area contributed by atoms with Crippen LogP contribution in [-0.2, 0) is 9.16 Å². The highest BCUT2D eigenvalue weighted by Crippen LogP contribution is 2.40. The van der Waals surface area contributed by atoms with Gasteiger partial charge in [0.25, 0.3) is 5.56 Å². The highest BCUT2D eigenvalue weighted by atomic mass is 28.4. The fraction of sp³-hybridized carbons (Fsp3) is 0.765. The van der Waals surface area contributed by atoms with E-state index in [0.29, 0.717) is 6.42 Å². The maximum absolute atomic E-state index is 15.4. The van der Waals surface area contributed by atoms with Crippen molar-refractivity contribution in [3.05, 3.63) is 33.1 Å². The van der Waals surface area contributed by atoms with E-state index in [4.69, 9.17) is 9.16 Å². The van der Waals surface area contributed by atoms with Crippen molar-refractivity contribution in [2.75, 3.05) is 6.61 Å². The fourth-order valence-electron chi connectivity index (χ4n) is 2.76. The number of nitrogens with zero attached hydrogens (tertiary/aromatic N) is 1. The Balaban J connectivity index is 2.33. The Morgan fingerprint density at radius 2 is 2.04 bits per heavy atom. The number of alkyl halides is 1. The Morgan fingerprint density at radius 1 is 1.40 bits per heavy atom. The molecule has 0 amide bonds. The van der Waals surface area contributed by atoms with Gasteiger partial charge in [-0.2, -0.15) is 0 Å². The number of hydrogen-bond donors (Lipinski definition) is 1. The van der Waals surface area contributed by atoms with Gasteiger partial charge in [-0.15, -0.1) is 0 Å². The third-order valence-corrected chi connectivity index (χ3v) is 9.85. The number of aromatic amines is 1. The first-order valence-corrected chi connectivity index (χ1v) is 11.6. The maximum Gasteiger partial charge on any atom is 0.328 e. The van der Waals surface area contributed by atoms with Crippen LogP contribution in [0.4, 0.5) is 4.39 Å². The average Bonchev–Trinajstić information content (AvgIpc) is 2.49. The van der Waals surface area contributed by atoms with Gasteiger partial charge in [-0.1, -0.05) is 27.7 Å². The smallest absolute Gasteiger partial charge is 0.328 e. The Bertz CT molecular complexity index is 710. The average molecular weight is 373 g/mol. The topological polar surface area (TPSA) is 73.3 Å². The molecule has 2 rings (SSSR count). The molecule has 1 N–H and O–H groups in total. The fourth-order valence-corrected chi connectivity index (χ4v) is 4.08. The maximum atomic E-state index is 15.4. The third-order valence-electron chi connectivity index (χ3n) is 5.38. The minimum Gasteiger partial charge on any atom is -0.408 e. The van der Waals surface area contributed by atoms with Gasteiger partial charge in [-0.3, -0.25) is 14.3 Å². The molecule has 142 valence electrons. The summed E-state index contributed by atoms with van der Waals surface area (Å²) in [4.78, 5) is 25.5. The van der Waals surface area contributed by atoms with Gasteiger partial charge < -0.3 is 9.16 Å². The van der Waals surface area contributed by atoms with Crippen LogP contribution in [0.25, 0.3) is 0 Å². The Hall–Kier alpha value is -1.25. The predicted molar refractivity (Wildman–Crippen MR) is 97.4 cm³/mol. The summed E-state index contributed by atoms with van der Waals surface area (Å²) >= 11 is 0. The first kappa shape index (κ1) is 20.1. The second-order valence-electron chi connectivity index (χ2n) is 8.15. The first-order chi connectivity index (χ1) is 11.5. The zero-order valence-corrected chi connectivity index (χ0v) is 16.8. The van der Waals surface area contributed by atoms with E-state index in [1.54, 1.807) is 0 Å². The zero-order valence-electron chi connectivity index (χ0n) is 15.8. The van der Waals surface area contributed by atoms with E-state index in [1.165, 1.54) is 16.8 Å². The van der Waals surface area contributed by atoms with Gasteiger partial charge in [0.15, 0.2) is 14.5 Å². The van der Waals surface area contributed by atoms with Crippen LogP contribution in [0, 0.1) is 0 Å².